The van der Waals surface area contributed by atoms with Crippen molar-refractivity contribution in [3.05, 3.63) is 11.9 Å². The molecule has 6 nitrogen and oxygen atoms in total. The molecule has 8 heteroatoms. The Bertz CT molecular complexity index is 591. The van der Waals surface area contributed by atoms with Crippen molar-refractivity contribution in [1.29, 1.82) is 0 Å². The van der Waals surface area contributed by atoms with E-state index in [0.29, 0.717) is 11.6 Å². The van der Waals surface area contributed by atoms with Gasteiger partial charge in [-0.1, -0.05) is 18.7 Å². The molecule has 0 aromatic carbocycles. The standard InChI is InChI=1S/C12H20N2O4S2/c1-5-9-6-13-11(19-7-10(15)16)14(9)8-12(2,3)20(4,17)18/h6H,5,7-8H2,1-4H3,(H,15,16). The fraction of sp³-hybridized carbons (Fsp3) is 0.667. The number of hydrogen-bond donors (Lipinski definition) is 1. The summed E-state index contributed by atoms with van der Waals surface area (Å²) in [5.74, 6) is -1.02. The minimum absolute atomic E-state index is 0.0977. The number of hydrogen-bond acceptors (Lipinski definition) is 5. The summed E-state index contributed by atoms with van der Waals surface area (Å²) in [5, 5.41) is 9.28. The van der Waals surface area contributed by atoms with Crippen LogP contribution in [-0.4, -0.2) is 45.8 Å². The number of aromatic nitrogens is 2. The van der Waals surface area contributed by atoms with Crippen molar-refractivity contribution in [3.63, 3.8) is 0 Å². The highest BCUT2D eigenvalue weighted by Gasteiger charge is 2.32. The molecule has 0 spiro atoms. The lowest BCUT2D eigenvalue weighted by Crippen LogP contribution is -2.36. The minimum atomic E-state index is -3.23. The highest BCUT2D eigenvalue weighted by molar-refractivity contribution is 7.99. The number of aliphatic carboxylic acids is 1. The number of carboxylic acids is 1. The van der Waals surface area contributed by atoms with Gasteiger partial charge >= 0.3 is 5.97 Å². The Morgan fingerprint density at radius 3 is 2.55 bits per heavy atom. The lowest BCUT2D eigenvalue weighted by atomic mass is 10.2. The van der Waals surface area contributed by atoms with E-state index in [-0.39, 0.29) is 12.3 Å². The Balaban J connectivity index is 3.09. The number of sulfone groups is 1. The van der Waals surface area contributed by atoms with Crippen molar-refractivity contribution in [2.24, 2.45) is 0 Å². The molecule has 1 rings (SSSR count). The van der Waals surface area contributed by atoms with Crippen LogP contribution in [-0.2, 0) is 27.6 Å². The summed E-state index contributed by atoms with van der Waals surface area (Å²) in [6.45, 7) is 5.53. The second-order valence-electron chi connectivity index (χ2n) is 5.19. The Hall–Kier alpha value is -1.02. The van der Waals surface area contributed by atoms with Gasteiger partial charge in [-0.15, -0.1) is 0 Å². The fourth-order valence-electron chi connectivity index (χ4n) is 1.58. The van der Waals surface area contributed by atoms with Crippen LogP contribution in [0.25, 0.3) is 0 Å². The van der Waals surface area contributed by atoms with Gasteiger partial charge in [0.1, 0.15) is 0 Å². The first-order chi connectivity index (χ1) is 9.08. The van der Waals surface area contributed by atoms with E-state index >= 15 is 0 Å². The smallest absolute Gasteiger partial charge is 0.313 e. The molecular formula is C12H20N2O4S2. The van der Waals surface area contributed by atoms with Gasteiger partial charge in [0, 0.05) is 24.7 Å². The van der Waals surface area contributed by atoms with Crippen LogP contribution in [0.4, 0.5) is 0 Å². The number of carboxylic acid groups (broad SMARTS) is 1. The second-order valence-corrected chi connectivity index (χ2v) is 8.78. The summed E-state index contributed by atoms with van der Waals surface area (Å²) < 4.78 is 24.5. The molecule has 0 aliphatic carbocycles. The van der Waals surface area contributed by atoms with E-state index in [1.165, 1.54) is 6.26 Å². The van der Waals surface area contributed by atoms with Crippen LogP contribution in [0.5, 0.6) is 0 Å². The Kier molecular flexibility index (Phi) is 5.26. The third-order valence-corrected chi connectivity index (χ3v) is 6.24. The van der Waals surface area contributed by atoms with E-state index in [2.05, 4.69) is 4.98 Å². The van der Waals surface area contributed by atoms with Crippen molar-refractivity contribution in [1.82, 2.24) is 9.55 Å². The first-order valence-electron chi connectivity index (χ1n) is 6.17. The van der Waals surface area contributed by atoms with Crippen molar-refractivity contribution in [2.45, 2.75) is 43.6 Å². The first-order valence-corrected chi connectivity index (χ1v) is 9.04. The largest absolute Gasteiger partial charge is 0.481 e. The molecule has 0 bridgehead atoms. The van der Waals surface area contributed by atoms with Gasteiger partial charge in [-0.2, -0.15) is 0 Å². The van der Waals surface area contributed by atoms with Crippen LogP contribution in [0.1, 0.15) is 26.5 Å². The SMILES string of the molecule is CCc1cnc(SCC(=O)O)n1CC(C)(C)S(C)(=O)=O. The molecule has 1 aromatic rings. The van der Waals surface area contributed by atoms with E-state index in [9.17, 15) is 13.2 Å². The molecule has 0 amide bonds. The lowest BCUT2D eigenvalue weighted by molar-refractivity contribution is -0.133. The topological polar surface area (TPSA) is 89.3 Å². The fourth-order valence-corrected chi connectivity index (χ4v) is 2.66. The number of thioether (sulfide) groups is 1. The molecule has 0 aliphatic rings. The van der Waals surface area contributed by atoms with Crippen molar-refractivity contribution in [2.75, 3.05) is 12.0 Å². The zero-order valence-corrected chi connectivity index (χ0v) is 13.7. The van der Waals surface area contributed by atoms with Crippen LogP contribution in [0.2, 0.25) is 0 Å². The van der Waals surface area contributed by atoms with Gasteiger partial charge in [0.2, 0.25) is 0 Å². The maximum Gasteiger partial charge on any atom is 0.313 e. The van der Waals surface area contributed by atoms with Gasteiger partial charge in [-0.25, -0.2) is 13.4 Å². The second kappa shape index (κ2) is 6.17. The molecule has 0 radical (unpaired) electrons. The molecule has 0 unspecified atom stereocenters. The van der Waals surface area contributed by atoms with Gasteiger partial charge in [-0.05, 0) is 20.3 Å². The van der Waals surface area contributed by atoms with Gasteiger partial charge in [0.15, 0.2) is 15.0 Å². The number of imidazole rings is 1. The van der Waals surface area contributed by atoms with Gasteiger partial charge < -0.3 is 9.67 Å². The minimum Gasteiger partial charge on any atom is -0.481 e. The molecule has 20 heavy (non-hydrogen) atoms. The van der Waals surface area contributed by atoms with E-state index in [1.54, 1.807) is 24.6 Å². The zero-order chi connectivity index (χ0) is 15.6. The third-order valence-electron chi connectivity index (χ3n) is 3.13. The van der Waals surface area contributed by atoms with Gasteiger partial charge in [-0.3, -0.25) is 4.79 Å². The highest BCUT2D eigenvalue weighted by Crippen LogP contribution is 2.25. The summed E-state index contributed by atoms with van der Waals surface area (Å²) in [5.41, 5.74) is 0.898. The summed E-state index contributed by atoms with van der Waals surface area (Å²) >= 11 is 1.10. The van der Waals surface area contributed by atoms with Gasteiger partial charge in [0.05, 0.1) is 10.5 Å². The van der Waals surface area contributed by atoms with E-state index in [0.717, 1.165) is 17.5 Å². The number of nitrogens with zero attached hydrogens (tertiary/aromatic N) is 2. The van der Waals surface area contributed by atoms with Crippen molar-refractivity contribution < 1.29 is 18.3 Å². The van der Waals surface area contributed by atoms with Crippen LogP contribution in [0.3, 0.4) is 0 Å². The molecule has 0 saturated carbocycles. The Morgan fingerprint density at radius 2 is 2.10 bits per heavy atom. The van der Waals surface area contributed by atoms with Crippen LogP contribution >= 0.6 is 11.8 Å². The predicted molar refractivity (Wildman–Crippen MR) is 78.9 cm³/mol. The summed E-state index contributed by atoms with van der Waals surface area (Å²) in [6, 6.07) is 0. The molecule has 114 valence electrons. The molecule has 0 fully saturated rings. The monoisotopic (exact) mass is 320 g/mol. The maximum absolute atomic E-state index is 11.8. The lowest BCUT2D eigenvalue weighted by Gasteiger charge is -2.25. The maximum atomic E-state index is 11.8. The van der Waals surface area contributed by atoms with E-state index in [1.807, 2.05) is 6.92 Å². The van der Waals surface area contributed by atoms with Crippen LogP contribution < -0.4 is 0 Å². The average molecular weight is 320 g/mol. The molecule has 1 N–H and O–H groups in total. The molecular weight excluding hydrogens is 300 g/mol. The molecule has 1 heterocycles. The molecule has 0 atom stereocenters. The predicted octanol–water partition coefficient (Wildman–Crippen LogP) is 1.45. The third kappa shape index (κ3) is 3.99. The van der Waals surface area contributed by atoms with Crippen molar-refractivity contribution in [3.8, 4) is 0 Å². The number of carbonyl (C=O) groups is 1. The van der Waals surface area contributed by atoms with E-state index in [4.69, 9.17) is 5.11 Å². The zero-order valence-electron chi connectivity index (χ0n) is 12.1. The molecule has 0 saturated heterocycles. The highest BCUT2D eigenvalue weighted by atomic mass is 32.2. The Labute approximate surface area is 123 Å². The van der Waals surface area contributed by atoms with Crippen LogP contribution in [0.15, 0.2) is 11.4 Å². The summed E-state index contributed by atoms with van der Waals surface area (Å²) in [6.07, 6.45) is 3.59. The summed E-state index contributed by atoms with van der Waals surface area (Å²) in [4.78, 5) is 14.8. The first kappa shape index (κ1) is 17.0. The average Bonchev–Trinajstić information content (AvgIpc) is 2.66. The van der Waals surface area contributed by atoms with Gasteiger partial charge in [0.25, 0.3) is 0 Å². The van der Waals surface area contributed by atoms with Crippen LogP contribution in [0, 0.1) is 0 Å². The molecule has 0 aliphatic heterocycles. The number of aryl methyl sites for hydroxylation is 1. The quantitative estimate of drug-likeness (QED) is 0.765. The molecule has 1 aromatic heterocycles. The Morgan fingerprint density at radius 1 is 1.50 bits per heavy atom. The van der Waals surface area contributed by atoms with E-state index < -0.39 is 20.6 Å². The summed E-state index contributed by atoms with van der Waals surface area (Å²) in [7, 11) is -3.23. The normalized spacial score (nSPS) is 12.6. The number of rotatable bonds is 7. The van der Waals surface area contributed by atoms with Crippen molar-refractivity contribution >= 4 is 27.6 Å².